The molecule has 0 aliphatic carbocycles. The lowest BCUT2D eigenvalue weighted by atomic mass is 10.1. The molecule has 0 aromatic carbocycles. The van der Waals surface area contributed by atoms with E-state index in [4.69, 9.17) is 4.74 Å². The highest BCUT2D eigenvalue weighted by Gasteiger charge is 1.99. The van der Waals surface area contributed by atoms with Gasteiger partial charge in [0, 0.05) is 12.6 Å². The largest absolute Gasteiger partial charge is 0.380 e. The highest BCUT2D eigenvalue weighted by atomic mass is 16.5. The highest BCUT2D eigenvalue weighted by molar-refractivity contribution is 4.57. The third-order valence-electron chi connectivity index (χ3n) is 2.75. The summed E-state index contributed by atoms with van der Waals surface area (Å²) in [6, 6.07) is 0.500. The van der Waals surface area contributed by atoms with E-state index < -0.39 is 0 Å². The van der Waals surface area contributed by atoms with Gasteiger partial charge in [-0.05, 0) is 26.3 Å². The molecule has 0 aromatic rings. The van der Waals surface area contributed by atoms with Crippen molar-refractivity contribution in [3.63, 3.8) is 0 Å². The van der Waals surface area contributed by atoms with Gasteiger partial charge >= 0.3 is 0 Å². The minimum atomic E-state index is 0.500. The molecular formula is C14H31NO. The number of unbranched alkanes of at least 4 members (excludes halogenated alkanes) is 5. The van der Waals surface area contributed by atoms with E-state index in [1.54, 1.807) is 0 Å². The van der Waals surface area contributed by atoms with Crippen LogP contribution in [0, 0.1) is 0 Å². The lowest BCUT2D eigenvalue weighted by Crippen LogP contribution is -2.31. The zero-order valence-corrected chi connectivity index (χ0v) is 11.6. The molecule has 0 saturated heterocycles. The SMILES string of the molecule is CCCCCCCCOCC(C)NCCC. The van der Waals surface area contributed by atoms with Crippen molar-refractivity contribution >= 4 is 0 Å². The zero-order chi connectivity index (χ0) is 12.1. The normalized spacial score (nSPS) is 12.9. The summed E-state index contributed by atoms with van der Waals surface area (Å²) in [5, 5.41) is 3.43. The van der Waals surface area contributed by atoms with Crippen LogP contribution in [0.2, 0.25) is 0 Å². The van der Waals surface area contributed by atoms with E-state index in [0.29, 0.717) is 6.04 Å². The lowest BCUT2D eigenvalue weighted by molar-refractivity contribution is 0.112. The quantitative estimate of drug-likeness (QED) is 0.515. The fourth-order valence-corrected chi connectivity index (χ4v) is 1.69. The molecule has 0 bridgehead atoms. The Kier molecular flexibility index (Phi) is 12.9. The van der Waals surface area contributed by atoms with Crippen LogP contribution in [0.15, 0.2) is 0 Å². The molecule has 1 N–H and O–H groups in total. The summed E-state index contributed by atoms with van der Waals surface area (Å²) in [5.41, 5.74) is 0. The molecule has 1 unspecified atom stereocenters. The molecule has 98 valence electrons. The molecule has 0 heterocycles. The summed E-state index contributed by atoms with van der Waals surface area (Å²) >= 11 is 0. The lowest BCUT2D eigenvalue weighted by Gasteiger charge is -2.13. The Morgan fingerprint density at radius 3 is 2.31 bits per heavy atom. The Hall–Kier alpha value is -0.0800. The molecular weight excluding hydrogens is 198 g/mol. The van der Waals surface area contributed by atoms with Gasteiger partial charge in [0.15, 0.2) is 0 Å². The van der Waals surface area contributed by atoms with Crippen LogP contribution in [-0.4, -0.2) is 25.8 Å². The maximum Gasteiger partial charge on any atom is 0.0616 e. The number of nitrogens with one attached hydrogen (secondary N) is 1. The van der Waals surface area contributed by atoms with Gasteiger partial charge in [-0.3, -0.25) is 0 Å². The predicted molar refractivity (Wildman–Crippen MR) is 72.0 cm³/mol. The van der Waals surface area contributed by atoms with Crippen LogP contribution < -0.4 is 5.32 Å². The standard InChI is InChI=1S/C14H31NO/c1-4-6-7-8-9-10-12-16-13-14(3)15-11-5-2/h14-15H,4-13H2,1-3H3. The maximum absolute atomic E-state index is 5.64. The fraction of sp³-hybridized carbons (Fsp3) is 1.00. The van der Waals surface area contributed by atoms with Crippen LogP contribution >= 0.6 is 0 Å². The number of hydrogen-bond donors (Lipinski definition) is 1. The average molecular weight is 229 g/mol. The summed E-state index contributed by atoms with van der Waals surface area (Å²) in [7, 11) is 0. The van der Waals surface area contributed by atoms with Gasteiger partial charge in [0.05, 0.1) is 6.61 Å². The minimum absolute atomic E-state index is 0.500. The number of rotatable bonds is 12. The number of ether oxygens (including phenoxy) is 1. The van der Waals surface area contributed by atoms with Crippen molar-refractivity contribution in [2.45, 2.75) is 71.8 Å². The third kappa shape index (κ3) is 12.0. The Labute approximate surface area is 102 Å². The van der Waals surface area contributed by atoms with E-state index in [-0.39, 0.29) is 0 Å². The highest BCUT2D eigenvalue weighted by Crippen LogP contribution is 2.04. The van der Waals surface area contributed by atoms with Gasteiger partial charge in [0.1, 0.15) is 0 Å². The molecule has 0 aliphatic rings. The summed E-state index contributed by atoms with van der Waals surface area (Å²) in [6.45, 7) is 9.53. The second-order valence-electron chi connectivity index (χ2n) is 4.70. The van der Waals surface area contributed by atoms with Gasteiger partial charge in [-0.15, -0.1) is 0 Å². The first-order valence-corrected chi connectivity index (χ1v) is 7.12. The van der Waals surface area contributed by atoms with Crippen LogP contribution in [0.1, 0.15) is 65.7 Å². The first-order valence-electron chi connectivity index (χ1n) is 7.12. The van der Waals surface area contributed by atoms with Gasteiger partial charge in [-0.1, -0.05) is 46.0 Å². The Morgan fingerprint density at radius 1 is 0.938 bits per heavy atom. The molecule has 0 spiro atoms. The van der Waals surface area contributed by atoms with E-state index in [2.05, 4.69) is 26.1 Å². The first-order chi connectivity index (χ1) is 7.81. The molecule has 0 aliphatic heterocycles. The maximum atomic E-state index is 5.64. The summed E-state index contributed by atoms with van der Waals surface area (Å²) in [5.74, 6) is 0. The molecule has 1 atom stereocenters. The van der Waals surface area contributed by atoms with Gasteiger partial charge in [-0.25, -0.2) is 0 Å². The minimum Gasteiger partial charge on any atom is -0.380 e. The van der Waals surface area contributed by atoms with Crippen molar-refractivity contribution in [1.82, 2.24) is 5.32 Å². The van der Waals surface area contributed by atoms with Gasteiger partial charge in [-0.2, -0.15) is 0 Å². The van der Waals surface area contributed by atoms with Gasteiger partial charge in [0.2, 0.25) is 0 Å². The average Bonchev–Trinajstić information content (AvgIpc) is 2.30. The fourth-order valence-electron chi connectivity index (χ4n) is 1.69. The molecule has 2 heteroatoms. The smallest absolute Gasteiger partial charge is 0.0616 e. The predicted octanol–water partition coefficient (Wildman–Crippen LogP) is 3.75. The van der Waals surface area contributed by atoms with E-state index in [1.165, 1.54) is 44.9 Å². The van der Waals surface area contributed by atoms with Gasteiger partial charge in [0.25, 0.3) is 0 Å². The first kappa shape index (κ1) is 15.9. The van der Waals surface area contributed by atoms with Crippen molar-refractivity contribution in [2.75, 3.05) is 19.8 Å². The van der Waals surface area contributed by atoms with Crippen molar-refractivity contribution in [3.8, 4) is 0 Å². The van der Waals surface area contributed by atoms with Crippen molar-refractivity contribution in [1.29, 1.82) is 0 Å². The summed E-state index contributed by atoms with van der Waals surface area (Å²) in [4.78, 5) is 0. The zero-order valence-electron chi connectivity index (χ0n) is 11.6. The Balaban J connectivity index is 3.02. The van der Waals surface area contributed by atoms with Crippen LogP contribution in [-0.2, 0) is 4.74 Å². The van der Waals surface area contributed by atoms with Crippen molar-refractivity contribution in [2.24, 2.45) is 0 Å². The Morgan fingerprint density at radius 2 is 1.62 bits per heavy atom. The molecule has 0 amide bonds. The van der Waals surface area contributed by atoms with E-state index in [1.807, 2.05) is 0 Å². The van der Waals surface area contributed by atoms with E-state index in [9.17, 15) is 0 Å². The number of hydrogen-bond acceptors (Lipinski definition) is 2. The van der Waals surface area contributed by atoms with Crippen molar-refractivity contribution in [3.05, 3.63) is 0 Å². The van der Waals surface area contributed by atoms with Crippen molar-refractivity contribution < 1.29 is 4.74 Å². The second-order valence-corrected chi connectivity index (χ2v) is 4.70. The molecule has 2 nitrogen and oxygen atoms in total. The molecule has 0 saturated carbocycles. The van der Waals surface area contributed by atoms with Crippen LogP contribution in [0.25, 0.3) is 0 Å². The third-order valence-corrected chi connectivity index (χ3v) is 2.75. The van der Waals surface area contributed by atoms with Crippen LogP contribution in [0.4, 0.5) is 0 Å². The van der Waals surface area contributed by atoms with Gasteiger partial charge < -0.3 is 10.1 Å². The van der Waals surface area contributed by atoms with E-state index >= 15 is 0 Å². The molecule has 0 aromatic heterocycles. The molecule has 0 radical (unpaired) electrons. The summed E-state index contributed by atoms with van der Waals surface area (Å²) in [6.07, 6.45) is 9.24. The molecule has 0 fully saturated rings. The monoisotopic (exact) mass is 229 g/mol. The van der Waals surface area contributed by atoms with Crippen LogP contribution in [0.3, 0.4) is 0 Å². The molecule has 0 rings (SSSR count). The second kappa shape index (κ2) is 13.0. The molecule has 16 heavy (non-hydrogen) atoms. The Bertz CT molecular complexity index is 128. The summed E-state index contributed by atoms with van der Waals surface area (Å²) < 4.78 is 5.64. The van der Waals surface area contributed by atoms with Crippen LogP contribution in [0.5, 0.6) is 0 Å². The van der Waals surface area contributed by atoms with E-state index in [0.717, 1.165) is 19.8 Å². The topological polar surface area (TPSA) is 21.3 Å².